The standard InChI is InChI=1S/C5H8F4/c1-3(4(2)6)5(7,8)9/h3-4H,1-2H3/t3-,4?/m1/s1. The van der Waals surface area contributed by atoms with Gasteiger partial charge in [0.2, 0.25) is 0 Å². The molecule has 0 aromatic rings. The molecule has 0 aromatic heterocycles. The van der Waals surface area contributed by atoms with Gasteiger partial charge in [-0.25, -0.2) is 4.39 Å². The SMILES string of the molecule is CC(F)[C@@H](C)C(F)(F)F. The summed E-state index contributed by atoms with van der Waals surface area (Å²) in [7, 11) is 0. The molecule has 4 heteroatoms. The van der Waals surface area contributed by atoms with Gasteiger partial charge < -0.3 is 0 Å². The Bertz CT molecular complexity index is 83.4. The van der Waals surface area contributed by atoms with Gasteiger partial charge in [-0.15, -0.1) is 0 Å². The zero-order chi connectivity index (χ0) is 7.65. The van der Waals surface area contributed by atoms with E-state index < -0.39 is 18.3 Å². The first-order valence-electron chi connectivity index (χ1n) is 2.56. The smallest absolute Gasteiger partial charge is 0.247 e. The van der Waals surface area contributed by atoms with Crippen molar-refractivity contribution in [3.63, 3.8) is 0 Å². The maximum atomic E-state index is 11.9. The molecule has 9 heavy (non-hydrogen) atoms. The lowest BCUT2D eigenvalue weighted by molar-refractivity contribution is -0.183. The monoisotopic (exact) mass is 144 g/mol. The van der Waals surface area contributed by atoms with E-state index in [9.17, 15) is 17.6 Å². The van der Waals surface area contributed by atoms with Crippen LogP contribution in [0.25, 0.3) is 0 Å². The third-order valence-corrected chi connectivity index (χ3v) is 1.21. The van der Waals surface area contributed by atoms with E-state index in [0.29, 0.717) is 0 Å². The lowest BCUT2D eigenvalue weighted by atomic mass is 10.1. The average Bonchev–Trinajstić information content (AvgIpc) is 1.62. The number of rotatable bonds is 1. The van der Waals surface area contributed by atoms with Crippen molar-refractivity contribution in [2.24, 2.45) is 5.92 Å². The highest BCUT2D eigenvalue weighted by atomic mass is 19.4. The summed E-state index contributed by atoms with van der Waals surface area (Å²) in [5.74, 6) is -1.85. The number of hydrogen-bond acceptors (Lipinski definition) is 0. The maximum absolute atomic E-state index is 11.9. The van der Waals surface area contributed by atoms with Crippen LogP contribution < -0.4 is 0 Å². The van der Waals surface area contributed by atoms with Gasteiger partial charge in [-0.2, -0.15) is 13.2 Å². The van der Waals surface area contributed by atoms with Gasteiger partial charge in [0.15, 0.2) is 0 Å². The maximum Gasteiger partial charge on any atom is 0.394 e. The molecule has 0 nitrogen and oxygen atoms in total. The van der Waals surface area contributed by atoms with Crippen LogP contribution in [0, 0.1) is 5.92 Å². The average molecular weight is 144 g/mol. The lowest BCUT2D eigenvalue weighted by Crippen LogP contribution is -2.26. The summed E-state index contributed by atoms with van der Waals surface area (Å²) >= 11 is 0. The summed E-state index contributed by atoms with van der Waals surface area (Å²) in [6, 6.07) is 0. The molecule has 0 heterocycles. The molecule has 0 rings (SSSR count). The Kier molecular flexibility index (Phi) is 2.46. The van der Waals surface area contributed by atoms with Crippen molar-refractivity contribution >= 4 is 0 Å². The van der Waals surface area contributed by atoms with Crippen LogP contribution in [-0.4, -0.2) is 12.3 Å². The van der Waals surface area contributed by atoms with E-state index in [1.54, 1.807) is 0 Å². The summed E-state index contributed by atoms with van der Waals surface area (Å²) in [6.07, 6.45) is -6.21. The van der Waals surface area contributed by atoms with Gasteiger partial charge in [-0.05, 0) is 6.92 Å². The fourth-order valence-electron chi connectivity index (χ4n) is 0.260. The minimum atomic E-state index is -4.39. The summed E-state index contributed by atoms with van der Waals surface area (Å²) in [5.41, 5.74) is 0. The van der Waals surface area contributed by atoms with Crippen LogP contribution >= 0.6 is 0 Å². The quantitative estimate of drug-likeness (QED) is 0.496. The van der Waals surface area contributed by atoms with Crippen molar-refractivity contribution in [2.45, 2.75) is 26.2 Å². The predicted octanol–water partition coefficient (Wildman–Crippen LogP) is 2.54. The molecular formula is C5H8F4. The summed E-state index contributed by atoms with van der Waals surface area (Å²) in [6.45, 7) is 1.73. The van der Waals surface area contributed by atoms with Crippen LogP contribution in [0.15, 0.2) is 0 Å². The van der Waals surface area contributed by atoms with Crippen LogP contribution in [0.2, 0.25) is 0 Å². The van der Waals surface area contributed by atoms with Crippen LogP contribution in [0.5, 0.6) is 0 Å². The zero-order valence-electron chi connectivity index (χ0n) is 5.17. The first kappa shape index (κ1) is 8.72. The van der Waals surface area contributed by atoms with Crippen molar-refractivity contribution in [2.75, 3.05) is 0 Å². The number of hydrogen-bond donors (Lipinski definition) is 0. The summed E-state index contributed by atoms with van der Waals surface area (Å²) in [4.78, 5) is 0. The van der Waals surface area contributed by atoms with Crippen molar-refractivity contribution in [3.8, 4) is 0 Å². The Morgan fingerprint density at radius 1 is 1.11 bits per heavy atom. The fourth-order valence-corrected chi connectivity index (χ4v) is 0.260. The third kappa shape index (κ3) is 2.67. The molecule has 56 valence electrons. The van der Waals surface area contributed by atoms with E-state index in [-0.39, 0.29) is 0 Å². The lowest BCUT2D eigenvalue weighted by Gasteiger charge is -2.15. The summed E-state index contributed by atoms with van der Waals surface area (Å²) < 4.78 is 46.3. The molecule has 0 saturated carbocycles. The van der Waals surface area contributed by atoms with Crippen LogP contribution in [-0.2, 0) is 0 Å². The van der Waals surface area contributed by atoms with Gasteiger partial charge in [0, 0.05) is 0 Å². The number of alkyl halides is 4. The van der Waals surface area contributed by atoms with Gasteiger partial charge in [0.1, 0.15) is 6.17 Å². The highest BCUT2D eigenvalue weighted by molar-refractivity contribution is 4.66. The Hall–Kier alpha value is -0.280. The molecule has 0 aliphatic rings. The molecule has 0 fully saturated rings. The van der Waals surface area contributed by atoms with Crippen LogP contribution in [0.1, 0.15) is 13.8 Å². The third-order valence-electron chi connectivity index (χ3n) is 1.21. The van der Waals surface area contributed by atoms with Crippen molar-refractivity contribution in [1.29, 1.82) is 0 Å². The Balaban J connectivity index is 3.88. The minimum Gasteiger partial charge on any atom is -0.247 e. The van der Waals surface area contributed by atoms with Gasteiger partial charge in [0.05, 0.1) is 5.92 Å². The number of halogens is 4. The largest absolute Gasteiger partial charge is 0.394 e. The molecule has 0 radical (unpaired) electrons. The molecule has 1 unspecified atom stereocenters. The first-order chi connectivity index (χ1) is 3.85. The van der Waals surface area contributed by atoms with E-state index in [0.717, 1.165) is 13.8 Å². The normalized spacial score (nSPS) is 19.3. The second kappa shape index (κ2) is 2.54. The molecule has 0 saturated heterocycles. The topological polar surface area (TPSA) is 0 Å². The fraction of sp³-hybridized carbons (Fsp3) is 1.00. The summed E-state index contributed by atoms with van der Waals surface area (Å²) in [5, 5.41) is 0. The van der Waals surface area contributed by atoms with Crippen molar-refractivity contribution in [1.82, 2.24) is 0 Å². The van der Waals surface area contributed by atoms with E-state index in [4.69, 9.17) is 0 Å². The molecule has 0 amide bonds. The Labute approximate surface area is 50.9 Å². The van der Waals surface area contributed by atoms with Gasteiger partial charge >= 0.3 is 6.18 Å². The second-order valence-electron chi connectivity index (χ2n) is 2.01. The first-order valence-corrected chi connectivity index (χ1v) is 2.56. The molecule has 0 bridgehead atoms. The Morgan fingerprint density at radius 3 is 1.44 bits per heavy atom. The van der Waals surface area contributed by atoms with Gasteiger partial charge in [-0.3, -0.25) is 0 Å². The highest BCUT2D eigenvalue weighted by Gasteiger charge is 2.39. The zero-order valence-corrected chi connectivity index (χ0v) is 5.17. The van der Waals surface area contributed by atoms with Crippen LogP contribution in [0.4, 0.5) is 17.6 Å². The second-order valence-corrected chi connectivity index (χ2v) is 2.01. The molecule has 0 aliphatic heterocycles. The van der Waals surface area contributed by atoms with Gasteiger partial charge in [-0.1, -0.05) is 6.92 Å². The molecule has 0 spiro atoms. The minimum absolute atomic E-state index is 0.824. The van der Waals surface area contributed by atoms with E-state index in [2.05, 4.69) is 0 Å². The molecule has 0 aliphatic carbocycles. The highest BCUT2D eigenvalue weighted by Crippen LogP contribution is 2.29. The predicted molar refractivity (Wildman–Crippen MR) is 25.8 cm³/mol. The van der Waals surface area contributed by atoms with Gasteiger partial charge in [0.25, 0.3) is 0 Å². The van der Waals surface area contributed by atoms with Crippen molar-refractivity contribution < 1.29 is 17.6 Å². The van der Waals surface area contributed by atoms with E-state index >= 15 is 0 Å². The van der Waals surface area contributed by atoms with E-state index in [1.165, 1.54) is 0 Å². The molecular weight excluding hydrogens is 136 g/mol. The van der Waals surface area contributed by atoms with E-state index in [1.807, 2.05) is 0 Å². The molecule has 0 N–H and O–H groups in total. The van der Waals surface area contributed by atoms with Crippen molar-refractivity contribution in [3.05, 3.63) is 0 Å². The molecule has 2 atom stereocenters. The molecule has 0 aromatic carbocycles. The Morgan fingerprint density at radius 2 is 1.44 bits per heavy atom. The van der Waals surface area contributed by atoms with Crippen LogP contribution in [0.3, 0.4) is 0 Å².